The summed E-state index contributed by atoms with van der Waals surface area (Å²) < 4.78 is 0. The van der Waals surface area contributed by atoms with Crippen LogP contribution in [0.2, 0.25) is 0 Å². The minimum Gasteiger partial charge on any atom is -0.309 e. The monoisotopic (exact) mass is 1210 g/mol. The number of hydrogen-bond acceptors (Lipinski definition) is 2. The zero-order valence-corrected chi connectivity index (χ0v) is 55.5. The van der Waals surface area contributed by atoms with Crippen molar-refractivity contribution in [2.45, 2.75) is 90.9 Å². The fourth-order valence-corrected chi connectivity index (χ4v) is 19.4. The Balaban J connectivity index is 0.984. The minimum absolute atomic E-state index is 0.215. The number of nitrogens with zero attached hydrogens (tertiary/aromatic N) is 2. The van der Waals surface area contributed by atoms with E-state index in [-0.39, 0.29) is 10.8 Å². The molecule has 0 amide bonds. The zero-order chi connectivity index (χ0) is 64.0. The molecule has 94 heavy (non-hydrogen) atoms. The molecule has 0 spiro atoms. The van der Waals surface area contributed by atoms with Gasteiger partial charge in [-0.15, -0.1) is 0 Å². The molecule has 14 aromatic rings. The molecule has 0 fully saturated rings. The van der Waals surface area contributed by atoms with Crippen LogP contribution in [0.5, 0.6) is 0 Å². The van der Waals surface area contributed by atoms with E-state index in [1.165, 1.54) is 143 Å². The van der Waals surface area contributed by atoms with Gasteiger partial charge in [0, 0.05) is 54.6 Å². The molecule has 0 saturated heterocycles. The molecule has 454 valence electrons. The smallest absolute Gasteiger partial charge is 0.0543 e. The van der Waals surface area contributed by atoms with Gasteiger partial charge in [-0.1, -0.05) is 300 Å². The predicted octanol–water partition coefficient (Wildman–Crippen LogP) is 25.2. The quantitative estimate of drug-likeness (QED) is 0.157. The first-order valence-corrected chi connectivity index (χ1v) is 33.8. The van der Waals surface area contributed by atoms with Gasteiger partial charge in [-0.05, 0) is 170 Å². The molecular formula is C92H76N2. The fraction of sp³-hybridized carbons (Fsp3) is 0.174. The van der Waals surface area contributed by atoms with Crippen molar-refractivity contribution in [1.29, 1.82) is 0 Å². The number of benzene rings is 14. The second-order valence-electron chi connectivity index (χ2n) is 30.3. The summed E-state index contributed by atoms with van der Waals surface area (Å²) in [5.41, 5.74) is 25.5. The Hall–Kier alpha value is -10.3. The number of rotatable bonds is 7. The lowest BCUT2D eigenvalue weighted by molar-refractivity contribution is 0.0595. The summed E-state index contributed by atoms with van der Waals surface area (Å²) in [6.45, 7) is 25.1. The van der Waals surface area contributed by atoms with Crippen LogP contribution in [-0.4, -0.2) is 0 Å². The largest absolute Gasteiger partial charge is 0.309 e. The molecule has 4 aliphatic carbocycles. The van der Waals surface area contributed by atoms with Gasteiger partial charge in [-0.2, -0.15) is 0 Å². The lowest BCUT2D eigenvalue weighted by atomic mass is 9.39. The molecule has 0 saturated carbocycles. The van der Waals surface area contributed by atoms with Crippen LogP contribution in [0.1, 0.15) is 114 Å². The maximum Gasteiger partial charge on any atom is 0.0543 e. The molecule has 2 atom stereocenters. The van der Waals surface area contributed by atoms with Crippen LogP contribution >= 0.6 is 0 Å². The molecule has 0 bridgehead atoms. The maximum atomic E-state index is 2.71. The van der Waals surface area contributed by atoms with Crippen LogP contribution in [0, 0.1) is 10.8 Å². The third kappa shape index (κ3) is 7.27. The van der Waals surface area contributed by atoms with Crippen LogP contribution in [0.4, 0.5) is 34.1 Å². The van der Waals surface area contributed by atoms with E-state index in [0.717, 1.165) is 22.7 Å². The number of anilines is 6. The Labute approximate surface area is 553 Å². The first-order chi connectivity index (χ1) is 45.5. The van der Waals surface area contributed by atoms with Crippen molar-refractivity contribution in [3.05, 3.63) is 324 Å². The summed E-state index contributed by atoms with van der Waals surface area (Å²) in [4.78, 5) is 5.29. The molecule has 0 aliphatic heterocycles. The first-order valence-electron chi connectivity index (χ1n) is 33.8. The van der Waals surface area contributed by atoms with Gasteiger partial charge < -0.3 is 9.80 Å². The Morgan fingerprint density at radius 3 is 0.936 bits per heavy atom. The first kappa shape index (κ1) is 56.5. The van der Waals surface area contributed by atoms with Gasteiger partial charge in [0.05, 0.1) is 22.7 Å². The fourth-order valence-electron chi connectivity index (χ4n) is 19.4. The molecular weight excluding hydrogens is 1130 g/mol. The van der Waals surface area contributed by atoms with Crippen LogP contribution in [0.3, 0.4) is 0 Å². The highest BCUT2D eigenvalue weighted by Crippen LogP contribution is 2.77. The van der Waals surface area contributed by atoms with Gasteiger partial charge in [0.1, 0.15) is 0 Å². The summed E-state index contributed by atoms with van der Waals surface area (Å²) in [6, 6.07) is 108. The van der Waals surface area contributed by atoms with E-state index in [9.17, 15) is 0 Å². The minimum atomic E-state index is -0.746. The molecule has 0 N–H and O–H groups in total. The molecule has 0 heterocycles. The summed E-state index contributed by atoms with van der Waals surface area (Å²) in [5.74, 6) is 0. The van der Waals surface area contributed by atoms with Crippen molar-refractivity contribution in [3.8, 4) is 44.5 Å². The van der Waals surface area contributed by atoms with Crippen molar-refractivity contribution in [1.82, 2.24) is 0 Å². The molecule has 0 aromatic heterocycles. The van der Waals surface area contributed by atoms with Gasteiger partial charge in [0.2, 0.25) is 0 Å². The van der Waals surface area contributed by atoms with Crippen LogP contribution in [0.25, 0.3) is 87.6 Å². The number of fused-ring (bicyclic) bond motifs is 18. The second kappa shape index (κ2) is 19.6. The van der Waals surface area contributed by atoms with Gasteiger partial charge in [-0.25, -0.2) is 0 Å². The van der Waals surface area contributed by atoms with Crippen molar-refractivity contribution >= 4 is 77.2 Å². The molecule has 0 radical (unpaired) electrons. The third-order valence-electron chi connectivity index (χ3n) is 23.0. The molecule has 2 unspecified atom stereocenters. The van der Waals surface area contributed by atoms with Crippen LogP contribution < -0.4 is 9.80 Å². The molecule has 2 heteroatoms. The van der Waals surface area contributed by atoms with Crippen molar-refractivity contribution in [3.63, 3.8) is 0 Å². The molecule has 18 rings (SSSR count). The lowest BCUT2D eigenvalue weighted by Crippen LogP contribution is -2.62. The average Bonchev–Trinajstić information content (AvgIpc) is 1.44. The Bertz CT molecular complexity index is 5210. The summed E-state index contributed by atoms with van der Waals surface area (Å²) in [7, 11) is 0. The van der Waals surface area contributed by atoms with Gasteiger partial charge in [0.25, 0.3) is 0 Å². The van der Waals surface area contributed by atoms with Crippen LogP contribution in [-0.2, 0) is 21.7 Å². The Morgan fingerprint density at radius 2 is 0.543 bits per heavy atom. The molecule has 4 aliphatic rings. The Kier molecular flexibility index (Phi) is 11.8. The summed E-state index contributed by atoms with van der Waals surface area (Å²) in [6.07, 6.45) is 0. The van der Waals surface area contributed by atoms with Gasteiger partial charge >= 0.3 is 0 Å². The van der Waals surface area contributed by atoms with Gasteiger partial charge in [-0.3, -0.25) is 0 Å². The summed E-state index contributed by atoms with van der Waals surface area (Å²) in [5, 5.41) is 9.78. The molecule has 14 aromatic carbocycles. The van der Waals surface area contributed by atoms with E-state index in [0.29, 0.717) is 0 Å². The van der Waals surface area contributed by atoms with Crippen molar-refractivity contribution in [2.75, 3.05) is 9.80 Å². The Morgan fingerprint density at radius 1 is 0.234 bits per heavy atom. The van der Waals surface area contributed by atoms with E-state index in [1.807, 2.05) is 0 Å². The van der Waals surface area contributed by atoms with Crippen molar-refractivity contribution in [2.24, 2.45) is 10.8 Å². The third-order valence-corrected chi connectivity index (χ3v) is 23.0. The van der Waals surface area contributed by atoms with Crippen molar-refractivity contribution < 1.29 is 0 Å². The highest BCUT2D eigenvalue weighted by molar-refractivity contribution is 6.15. The summed E-state index contributed by atoms with van der Waals surface area (Å²) >= 11 is 0. The normalized spacial score (nSPS) is 17.5. The topological polar surface area (TPSA) is 6.48 Å². The zero-order valence-electron chi connectivity index (χ0n) is 55.5. The van der Waals surface area contributed by atoms with Crippen LogP contribution in [0.15, 0.2) is 279 Å². The molecule has 2 nitrogen and oxygen atoms in total. The van der Waals surface area contributed by atoms with E-state index in [1.54, 1.807) is 0 Å². The lowest BCUT2D eigenvalue weighted by Gasteiger charge is -2.62. The standard InChI is InChI=1S/C92H76N2/c1-87(2,3)91(75-45-25-21-41-71(75)85-69-39-17-15-37-67(69)83(55-79(85)91)93(81-47-27-31-57-29-11-13-33-61(57)81)59-49-51-65-63-35-19-23-43-73(63)89(7,8)77(65)53-59)92(88(4,5)6)76-46-26-22-42-72(76)86-70-40-18-16-38-68(70)84(56-80(86)92)94(82-48-28-32-58-30-12-14-34-62(58)82)60-50-52-66-64-36-20-24-44-74(64)90(9,10)78(66)54-60/h11-56H,1-10H3. The van der Waals surface area contributed by atoms with E-state index in [4.69, 9.17) is 0 Å². The average molecular weight is 1210 g/mol. The SMILES string of the molecule is CC1(C)c2ccccc2-c2ccc(N(c3cccc4ccccc34)c3cc4c(c5ccccc35)-c3ccccc3C4(C(C)(C)C)C3(C(C)(C)C)c4ccccc4-c4c3cc(N(c3ccc5c(c3)C(C)(C)c3ccccc3-5)c3cccc5ccccc35)c3ccccc43)cc21. The highest BCUT2D eigenvalue weighted by atomic mass is 15.2. The predicted molar refractivity (Wildman–Crippen MR) is 399 cm³/mol. The highest BCUT2D eigenvalue weighted by Gasteiger charge is 2.71. The second-order valence-corrected chi connectivity index (χ2v) is 30.3. The van der Waals surface area contributed by atoms with Gasteiger partial charge in [0.15, 0.2) is 0 Å². The van der Waals surface area contributed by atoms with E-state index >= 15 is 0 Å². The maximum absolute atomic E-state index is 2.71. The van der Waals surface area contributed by atoms with E-state index in [2.05, 4.69) is 358 Å². The van der Waals surface area contributed by atoms with E-state index < -0.39 is 21.7 Å². The number of hydrogen-bond donors (Lipinski definition) is 0.